The number of nitrogens with one attached hydrogen (secondary N) is 1. The number of likely N-dealkylation sites (tertiary alicyclic amines) is 1. The zero-order chi connectivity index (χ0) is 26.5. The van der Waals surface area contributed by atoms with E-state index in [2.05, 4.69) is 33.8 Å². The zero-order valence-electron chi connectivity index (χ0n) is 20.9. The van der Waals surface area contributed by atoms with Gasteiger partial charge in [-0.15, -0.1) is 0 Å². The van der Waals surface area contributed by atoms with E-state index in [1.165, 1.54) is 12.3 Å². The highest BCUT2D eigenvalue weighted by atomic mass is 19.2. The van der Waals surface area contributed by atoms with Crippen molar-refractivity contribution in [3.63, 3.8) is 0 Å². The van der Waals surface area contributed by atoms with Crippen LogP contribution in [0.4, 0.5) is 14.5 Å². The molecule has 1 aliphatic rings. The van der Waals surface area contributed by atoms with Gasteiger partial charge in [0, 0.05) is 36.7 Å². The second-order valence-corrected chi connectivity index (χ2v) is 9.08. The Labute approximate surface area is 213 Å². The normalized spacial score (nSPS) is 16.4. The Hall–Kier alpha value is -3.92. The van der Waals surface area contributed by atoms with Gasteiger partial charge in [0.05, 0.1) is 23.0 Å². The van der Waals surface area contributed by atoms with Gasteiger partial charge in [0.25, 0.3) is 11.5 Å². The zero-order valence-corrected chi connectivity index (χ0v) is 20.9. The average Bonchev–Trinajstić information content (AvgIpc) is 3.37. The van der Waals surface area contributed by atoms with Crippen molar-refractivity contribution >= 4 is 34.4 Å². The lowest BCUT2D eigenvalue weighted by molar-refractivity contribution is 0.0784. The fourth-order valence-electron chi connectivity index (χ4n) is 4.58. The molecule has 1 unspecified atom stereocenters. The number of aromatic nitrogens is 1. The van der Waals surface area contributed by atoms with Crippen LogP contribution in [0.5, 0.6) is 0 Å². The Morgan fingerprint density at radius 1 is 1.16 bits per heavy atom. The second-order valence-electron chi connectivity index (χ2n) is 9.08. The number of aromatic amines is 1. The van der Waals surface area contributed by atoms with Crippen LogP contribution >= 0.6 is 0 Å². The molecule has 1 atom stereocenters. The van der Waals surface area contributed by atoms with Gasteiger partial charge in [-0.05, 0) is 61.8 Å². The Morgan fingerprint density at radius 2 is 1.86 bits per heavy atom. The van der Waals surface area contributed by atoms with E-state index in [4.69, 9.17) is 5.84 Å². The molecule has 10 heteroatoms. The summed E-state index contributed by atoms with van der Waals surface area (Å²) in [7, 11) is 0. The quantitative estimate of drug-likeness (QED) is 0.275. The number of hydrogen-bond acceptors (Lipinski definition) is 6. The molecule has 0 bridgehead atoms. The largest absolute Gasteiger partial charge is 0.338 e. The molecule has 3 N–H and O–H groups in total. The van der Waals surface area contributed by atoms with Gasteiger partial charge in [0.1, 0.15) is 5.71 Å². The van der Waals surface area contributed by atoms with Crippen molar-refractivity contribution in [3.8, 4) is 0 Å². The van der Waals surface area contributed by atoms with Crippen molar-refractivity contribution < 1.29 is 13.6 Å². The number of hydrazone groups is 1. The summed E-state index contributed by atoms with van der Waals surface area (Å²) in [6, 6.07) is 10.1. The summed E-state index contributed by atoms with van der Waals surface area (Å²) in [5, 5.41) is 3.92. The van der Waals surface area contributed by atoms with E-state index in [0.717, 1.165) is 51.3 Å². The third-order valence-electron chi connectivity index (χ3n) is 6.73. The van der Waals surface area contributed by atoms with E-state index in [-0.39, 0.29) is 28.1 Å². The summed E-state index contributed by atoms with van der Waals surface area (Å²) < 4.78 is 27.1. The van der Waals surface area contributed by atoms with Crippen LogP contribution in [0.1, 0.15) is 36.2 Å². The smallest absolute Gasteiger partial charge is 0.258 e. The summed E-state index contributed by atoms with van der Waals surface area (Å²) in [6.07, 6.45) is 2.31. The molecule has 1 amide bonds. The van der Waals surface area contributed by atoms with Crippen LogP contribution in [-0.4, -0.2) is 65.3 Å². The van der Waals surface area contributed by atoms with Crippen LogP contribution in [0, 0.1) is 17.6 Å². The van der Waals surface area contributed by atoms with Crippen LogP contribution in [0.2, 0.25) is 0 Å². The number of carbonyl (C=O) groups is 1. The first-order valence-electron chi connectivity index (χ1n) is 12.3. The van der Waals surface area contributed by atoms with Crippen molar-refractivity contribution in [1.29, 1.82) is 0 Å². The number of carbonyl (C=O) groups excluding carboxylic acids is 1. The molecular weight excluding hydrogens is 478 g/mol. The molecule has 4 rings (SSSR count). The van der Waals surface area contributed by atoms with Crippen LogP contribution in [0.25, 0.3) is 10.9 Å². The third-order valence-corrected chi connectivity index (χ3v) is 6.73. The highest BCUT2D eigenvalue weighted by Gasteiger charge is 2.27. The predicted octanol–water partition coefficient (Wildman–Crippen LogP) is 3.68. The van der Waals surface area contributed by atoms with E-state index in [0.29, 0.717) is 17.2 Å². The molecule has 8 nitrogen and oxygen atoms in total. The SMILES string of the molecule is CCN(CC)CC1CCN(C(=O)c2ccc(N=CC(=NN)c3cc4cc(F)c(F)cc4[nH]c3=O)cc2)C1. The van der Waals surface area contributed by atoms with Crippen LogP contribution < -0.4 is 11.4 Å². The van der Waals surface area contributed by atoms with Crippen molar-refractivity contribution in [2.45, 2.75) is 20.3 Å². The summed E-state index contributed by atoms with van der Waals surface area (Å²) in [5.74, 6) is 3.87. The first kappa shape index (κ1) is 26.2. The number of pyridine rings is 1. The third kappa shape index (κ3) is 5.91. The summed E-state index contributed by atoms with van der Waals surface area (Å²) in [5.41, 5.74) is 0.812. The number of H-pyrrole nitrogens is 1. The first-order valence-corrected chi connectivity index (χ1v) is 12.3. The fourth-order valence-corrected chi connectivity index (χ4v) is 4.58. The summed E-state index contributed by atoms with van der Waals surface area (Å²) >= 11 is 0. The van der Waals surface area contributed by atoms with E-state index < -0.39 is 17.2 Å². The van der Waals surface area contributed by atoms with Crippen molar-refractivity contribution in [2.24, 2.45) is 21.9 Å². The molecule has 3 aromatic rings. The minimum atomic E-state index is -1.06. The standard InChI is InChI=1S/C27H30F2N6O2/c1-3-34(4-2)15-17-9-10-35(16-17)27(37)18-5-7-20(8-6-18)31-14-25(33-30)21-11-19-12-22(28)23(29)13-24(19)32-26(21)36/h5-8,11-14,17H,3-4,9-10,15-16,30H2,1-2H3,(H,32,36). The number of benzene rings is 2. The minimum absolute atomic E-state index is 0.00634. The van der Waals surface area contributed by atoms with Crippen LogP contribution in [0.3, 0.4) is 0 Å². The molecule has 2 aromatic carbocycles. The van der Waals surface area contributed by atoms with Crippen molar-refractivity contribution in [3.05, 3.63) is 75.6 Å². The van der Waals surface area contributed by atoms with E-state index in [1.807, 2.05) is 4.90 Å². The molecule has 1 fully saturated rings. The Balaban J connectivity index is 1.45. The molecule has 0 spiro atoms. The number of fused-ring (bicyclic) bond motifs is 1. The lowest BCUT2D eigenvalue weighted by atomic mass is 10.1. The molecule has 0 saturated carbocycles. The maximum atomic E-state index is 13.6. The molecule has 1 saturated heterocycles. The van der Waals surface area contributed by atoms with Gasteiger partial charge in [0.15, 0.2) is 11.6 Å². The number of aliphatic imine (C=N–C) groups is 1. The maximum Gasteiger partial charge on any atom is 0.258 e. The number of amides is 1. The molecule has 0 aliphatic carbocycles. The van der Waals surface area contributed by atoms with E-state index in [9.17, 15) is 18.4 Å². The predicted molar refractivity (Wildman–Crippen MR) is 142 cm³/mol. The van der Waals surface area contributed by atoms with Gasteiger partial charge in [-0.2, -0.15) is 5.10 Å². The number of hydrogen-bond donors (Lipinski definition) is 2. The van der Waals surface area contributed by atoms with Crippen molar-refractivity contribution in [1.82, 2.24) is 14.8 Å². The van der Waals surface area contributed by atoms with Gasteiger partial charge in [-0.25, -0.2) is 8.78 Å². The first-order chi connectivity index (χ1) is 17.8. The Kier molecular flexibility index (Phi) is 8.08. The lowest BCUT2D eigenvalue weighted by Gasteiger charge is -2.22. The summed E-state index contributed by atoms with van der Waals surface area (Å²) in [6.45, 7) is 8.82. The number of nitrogens with zero attached hydrogens (tertiary/aromatic N) is 4. The molecular formula is C27H30F2N6O2. The van der Waals surface area contributed by atoms with Crippen LogP contribution in [-0.2, 0) is 0 Å². The topological polar surface area (TPSA) is 107 Å². The molecule has 1 aromatic heterocycles. The highest BCUT2D eigenvalue weighted by molar-refractivity contribution is 6.38. The fraction of sp³-hybridized carbons (Fsp3) is 0.333. The number of rotatable bonds is 8. The molecule has 1 aliphatic heterocycles. The monoisotopic (exact) mass is 508 g/mol. The second kappa shape index (κ2) is 11.4. The molecule has 2 heterocycles. The van der Waals surface area contributed by atoms with Gasteiger partial charge < -0.3 is 20.6 Å². The Bertz CT molecular complexity index is 1400. The van der Waals surface area contributed by atoms with Gasteiger partial charge in [-0.1, -0.05) is 13.8 Å². The van der Waals surface area contributed by atoms with Gasteiger partial charge in [0.2, 0.25) is 0 Å². The van der Waals surface area contributed by atoms with Gasteiger partial charge >= 0.3 is 0 Å². The van der Waals surface area contributed by atoms with Gasteiger partial charge in [-0.3, -0.25) is 14.6 Å². The minimum Gasteiger partial charge on any atom is -0.338 e. The highest BCUT2D eigenvalue weighted by Crippen LogP contribution is 2.21. The summed E-state index contributed by atoms with van der Waals surface area (Å²) in [4.78, 5) is 36.5. The molecule has 194 valence electrons. The Morgan fingerprint density at radius 3 is 2.54 bits per heavy atom. The molecule has 0 radical (unpaired) electrons. The van der Waals surface area contributed by atoms with Crippen molar-refractivity contribution in [2.75, 3.05) is 32.7 Å². The number of halogens is 2. The average molecular weight is 509 g/mol. The number of nitrogens with two attached hydrogens (primary N) is 1. The molecule has 37 heavy (non-hydrogen) atoms. The van der Waals surface area contributed by atoms with E-state index in [1.54, 1.807) is 24.3 Å². The van der Waals surface area contributed by atoms with Crippen LogP contribution in [0.15, 0.2) is 57.4 Å². The lowest BCUT2D eigenvalue weighted by Crippen LogP contribution is -2.33. The maximum absolute atomic E-state index is 13.6. The van der Waals surface area contributed by atoms with E-state index >= 15 is 0 Å².